The molecule has 1 heterocycles. The summed E-state index contributed by atoms with van der Waals surface area (Å²) in [4.78, 5) is 1.84. The van der Waals surface area contributed by atoms with Gasteiger partial charge >= 0.3 is 5.75 Å². The highest BCUT2D eigenvalue weighted by molar-refractivity contribution is 6.31. The Morgan fingerprint density at radius 3 is 2.43 bits per heavy atom. The van der Waals surface area contributed by atoms with Crippen molar-refractivity contribution in [3.63, 3.8) is 0 Å². The minimum absolute atomic E-state index is 0.164. The van der Waals surface area contributed by atoms with Crippen molar-refractivity contribution in [2.75, 3.05) is 22.6 Å². The Balaban J connectivity index is 1.71. The van der Waals surface area contributed by atoms with Crippen LogP contribution in [0.2, 0.25) is 5.02 Å². The Kier molecular flexibility index (Phi) is 4.70. The van der Waals surface area contributed by atoms with E-state index in [4.69, 9.17) is 11.6 Å². The summed E-state index contributed by atoms with van der Waals surface area (Å²) in [6, 6.07) is 18.4. The molecule has 0 unspecified atom stereocenters. The van der Waals surface area contributed by atoms with E-state index in [1.54, 1.807) is 6.07 Å². The fourth-order valence-corrected chi connectivity index (χ4v) is 3.59. The summed E-state index contributed by atoms with van der Waals surface area (Å²) in [6.07, 6.45) is 0. The maximum absolute atomic E-state index is 11.0. The Morgan fingerprint density at radius 1 is 0.964 bits per heavy atom. The van der Waals surface area contributed by atoms with Crippen LogP contribution >= 0.6 is 11.6 Å². The number of hydrogen-bond acceptors (Lipinski definition) is 7. The zero-order valence-electron chi connectivity index (χ0n) is 14.6. The van der Waals surface area contributed by atoms with Crippen LogP contribution in [0.1, 0.15) is 0 Å². The predicted octanol–water partition coefficient (Wildman–Crippen LogP) is 2.18. The van der Waals surface area contributed by atoms with Crippen LogP contribution in [-0.4, -0.2) is 7.05 Å². The molecule has 3 aromatic rings. The van der Waals surface area contributed by atoms with Crippen molar-refractivity contribution in [3.8, 4) is 5.75 Å². The second-order valence-corrected chi connectivity index (χ2v) is 7.51. The van der Waals surface area contributed by atoms with E-state index in [1.165, 1.54) is 6.07 Å². The lowest BCUT2D eigenvalue weighted by atomic mass is 10.1. The van der Waals surface area contributed by atoms with Crippen molar-refractivity contribution in [3.05, 3.63) is 65.7 Å². The molecule has 0 spiro atoms. The van der Waals surface area contributed by atoms with Gasteiger partial charge in [0, 0.05) is 29.5 Å². The van der Waals surface area contributed by atoms with Gasteiger partial charge in [0.25, 0.3) is 0 Å². The smallest absolute Gasteiger partial charge is 0.315 e. The highest BCUT2D eigenvalue weighted by atomic mass is 35.7. The van der Waals surface area contributed by atoms with Gasteiger partial charge in [0.2, 0.25) is 0 Å². The largest absolute Gasteiger partial charge is 0.355 e. The van der Waals surface area contributed by atoms with E-state index in [9.17, 15) is 14.0 Å². The molecular formula is C19H15Cl2N3O4. The summed E-state index contributed by atoms with van der Waals surface area (Å²) in [6.45, 7) is 0. The number of nitrogens with zero attached hydrogens (tertiary/aromatic N) is 1. The second-order valence-electron chi connectivity index (χ2n) is 6.16. The lowest BCUT2D eigenvalue weighted by Gasteiger charge is -2.31. The SMILES string of the molecule is CN1c2cc(Nc3ccccc3)ccc2Nc2c(O[Cl+3]([O-])([O-])[O-])cc(Cl)cc21. The Bertz CT molecular complexity index is 1030. The van der Waals surface area contributed by atoms with Crippen molar-refractivity contribution < 1.29 is 28.5 Å². The first-order chi connectivity index (χ1) is 13.3. The summed E-state index contributed by atoms with van der Waals surface area (Å²) in [5.74, 6) is -0.164. The third-order valence-electron chi connectivity index (χ3n) is 4.27. The van der Waals surface area contributed by atoms with Crippen LogP contribution in [0.5, 0.6) is 5.75 Å². The summed E-state index contributed by atoms with van der Waals surface area (Å²) in [5, 5.41) is 6.68. The fourth-order valence-electron chi connectivity index (χ4n) is 3.07. The van der Waals surface area contributed by atoms with Crippen molar-refractivity contribution in [2.24, 2.45) is 0 Å². The van der Waals surface area contributed by atoms with E-state index in [1.807, 2.05) is 60.5 Å². The quantitative estimate of drug-likeness (QED) is 0.667. The van der Waals surface area contributed by atoms with Gasteiger partial charge in [0.1, 0.15) is 15.9 Å². The van der Waals surface area contributed by atoms with Gasteiger partial charge in [0.15, 0.2) is 0 Å². The molecular weight excluding hydrogens is 405 g/mol. The molecule has 3 aromatic carbocycles. The molecule has 28 heavy (non-hydrogen) atoms. The van der Waals surface area contributed by atoms with Crippen LogP contribution in [0, 0.1) is 10.2 Å². The van der Waals surface area contributed by atoms with Gasteiger partial charge in [-0.2, -0.15) is 14.0 Å². The van der Waals surface area contributed by atoms with Crippen LogP contribution in [0.25, 0.3) is 0 Å². The summed E-state index contributed by atoms with van der Waals surface area (Å²) in [5.41, 5.74) is 4.31. The van der Waals surface area contributed by atoms with Crippen molar-refractivity contribution in [1.29, 1.82) is 0 Å². The molecule has 0 atom stereocenters. The average Bonchev–Trinajstić information content (AvgIpc) is 2.63. The number of fused-ring (bicyclic) bond motifs is 2. The molecule has 0 fully saturated rings. The number of nitrogens with one attached hydrogen (secondary N) is 2. The third kappa shape index (κ3) is 3.80. The van der Waals surface area contributed by atoms with Crippen LogP contribution in [0.15, 0.2) is 60.7 Å². The van der Waals surface area contributed by atoms with E-state index in [0.29, 0.717) is 11.4 Å². The van der Waals surface area contributed by atoms with E-state index in [-0.39, 0.29) is 10.8 Å². The minimum Gasteiger partial charge on any atom is -0.355 e. The van der Waals surface area contributed by atoms with Crippen molar-refractivity contribution in [2.45, 2.75) is 0 Å². The van der Waals surface area contributed by atoms with Gasteiger partial charge in [-0.3, -0.25) is 0 Å². The molecule has 9 heteroatoms. The topological polar surface area (TPSA) is 106 Å². The van der Waals surface area contributed by atoms with Gasteiger partial charge < -0.3 is 15.5 Å². The van der Waals surface area contributed by atoms with Gasteiger partial charge in [0.05, 0.1) is 17.1 Å². The van der Waals surface area contributed by atoms with E-state index >= 15 is 0 Å². The number of para-hydroxylation sites is 1. The first-order valence-corrected chi connectivity index (χ1v) is 9.82. The molecule has 0 amide bonds. The van der Waals surface area contributed by atoms with Gasteiger partial charge in [-0.1, -0.05) is 34.1 Å². The van der Waals surface area contributed by atoms with Crippen LogP contribution in [0.4, 0.5) is 34.1 Å². The lowest BCUT2D eigenvalue weighted by Crippen LogP contribution is -2.63. The number of rotatable bonds is 4. The number of benzene rings is 3. The molecule has 0 aromatic heterocycles. The molecule has 144 valence electrons. The van der Waals surface area contributed by atoms with Crippen molar-refractivity contribution >= 4 is 45.7 Å². The second kappa shape index (κ2) is 7.05. The first-order valence-electron chi connectivity index (χ1n) is 8.21. The molecule has 0 radical (unpaired) electrons. The minimum atomic E-state index is -4.65. The fraction of sp³-hybridized carbons (Fsp3) is 0.0526. The molecule has 7 nitrogen and oxygen atoms in total. The Hall–Kier alpha value is -2.68. The molecule has 0 saturated carbocycles. The van der Waals surface area contributed by atoms with Gasteiger partial charge in [-0.25, -0.2) is 0 Å². The summed E-state index contributed by atoms with van der Waals surface area (Å²) in [7, 11) is -2.84. The monoisotopic (exact) mass is 419 g/mol. The predicted molar refractivity (Wildman–Crippen MR) is 99.6 cm³/mol. The molecule has 0 aliphatic carbocycles. The summed E-state index contributed by atoms with van der Waals surface area (Å²) < 4.78 is 37.7. The lowest BCUT2D eigenvalue weighted by molar-refractivity contribution is -1.91. The zero-order valence-corrected chi connectivity index (χ0v) is 16.1. The molecule has 2 N–H and O–H groups in total. The third-order valence-corrected chi connectivity index (χ3v) is 4.84. The molecule has 1 aliphatic rings. The number of halogens is 2. The maximum atomic E-state index is 11.0. The van der Waals surface area contributed by atoms with E-state index in [0.717, 1.165) is 22.7 Å². The zero-order chi connectivity index (χ0) is 19.9. The highest BCUT2D eigenvalue weighted by Crippen LogP contribution is 2.49. The Labute approximate surface area is 168 Å². The first kappa shape index (κ1) is 18.7. The average molecular weight is 420 g/mol. The molecule has 1 aliphatic heterocycles. The van der Waals surface area contributed by atoms with Crippen molar-refractivity contribution in [1.82, 2.24) is 0 Å². The molecule has 4 rings (SSSR count). The van der Waals surface area contributed by atoms with Crippen LogP contribution < -0.4 is 33.8 Å². The van der Waals surface area contributed by atoms with Crippen LogP contribution in [0.3, 0.4) is 0 Å². The number of hydrogen-bond donors (Lipinski definition) is 2. The Morgan fingerprint density at radius 2 is 1.71 bits per heavy atom. The summed E-state index contributed by atoms with van der Waals surface area (Å²) >= 11 is 6.09. The van der Waals surface area contributed by atoms with Gasteiger partial charge in [-0.05, 0) is 36.4 Å². The normalized spacial score (nSPS) is 12.7. The molecule has 0 saturated heterocycles. The standard InChI is InChI=1S/C19H15Cl2N3O4/c1-24-16-11-14(22-13-5-3-2-4-6-13)7-8-15(16)23-19-17(24)9-12(20)10-18(19)28-21(25,26)27/h2-11,22-23H,1H3. The van der Waals surface area contributed by atoms with E-state index < -0.39 is 10.2 Å². The van der Waals surface area contributed by atoms with E-state index in [2.05, 4.69) is 14.9 Å². The highest BCUT2D eigenvalue weighted by Gasteiger charge is 2.30. The number of anilines is 6. The molecule has 0 bridgehead atoms. The van der Waals surface area contributed by atoms with Gasteiger partial charge in [-0.15, -0.1) is 0 Å². The van der Waals surface area contributed by atoms with Crippen LogP contribution in [-0.2, 0) is 0 Å². The maximum Gasteiger partial charge on any atom is 0.315 e.